The van der Waals surface area contributed by atoms with Crippen LogP contribution in [0.5, 0.6) is 0 Å². The van der Waals surface area contributed by atoms with Gasteiger partial charge in [-0.1, -0.05) is 18.2 Å². The van der Waals surface area contributed by atoms with Crippen molar-refractivity contribution < 1.29 is 4.92 Å². The number of nitrogens with zero attached hydrogens (tertiary/aromatic N) is 2. The van der Waals surface area contributed by atoms with Gasteiger partial charge in [0, 0.05) is 54.1 Å². The molecule has 2 aliphatic rings. The zero-order chi connectivity index (χ0) is 18.4. The number of hydrogen-bond acceptors (Lipinski definition) is 4. The zero-order valence-electron chi connectivity index (χ0n) is 15.1. The van der Waals surface area contributed by atoms with Gasteiger partial charge >= 0.3 is 0 Å². The van der Waals surface area contributed by atoms with Gasteiger partial charge in [-0.2, -0.15) is 0 Å². The number of para-hydroxylation sites is 1. The van der Waals surface area contributed by atoms with Gasteiger partial charge in [0.05, 0.1) is 10.5 Å². The number of hydrogen-bond donors (Lipinski definition) is 2. The molecule has 1 fully saturated rings. The Hall–Kier alpha value is -2.86. The highest BCUT2D eigenvalue weighted by atomic mass is 16.6. The molecule has 5 rings (SSSR count). The number of non-ortho nitro benzene ring substituents is 1. The van der Waals surface area contributed by atoms with Crippen molar-refractivity contribution in [1.29, 1.82) is 0 Å². The van der Waals surface area contributed by atoms with E-state index in [-0.39, 0.29) is 16.1 Å². The maximum absolute atomic E-state index is 10.9. The average molecular weight is 362 g/mol. The smallest absolute Gasteiger partial charge is 0.269 e. The summed E-state index contributed by atoms with van der Waals surface area (Å²) in [6.45, 7) is 2.87. The third kappa shape index (κ3) is 2.59. The monoisotopic (exact) mass is 362 g/mol. The second kappa shape index (κ2) is 6.09. The van der Waals surface area contributed by atoms with Crippen LogP contribution in [0.3, 0.4) is 0 Å². The second-order valence-corrected chi connectivity index (χ2v) is 7.54. The largest absolute Gasteiger partial charge is 0.371 e. The summed E-state index contributed by atoms with van der Waals surface area (Å²) in [6.07, 6.45) is 3.10. The first-order valence-electron chi connectivity index (χ1n) is 9.51. The maximum atomic E-state index is 10.9. The van der Waals surface area contributed by atoms with Crippen LogP contribution in [-0.2, 0) is 12.0 Å². The summed E-state index contributed by atoms with van der Waals surface area (Å²) in [5.74, 6) is 0. The van der Waals surface area contributed by atoms with E-state index in [0.29, 0.717) is 0 Å². The Kier molecular flexibility index (Phi) is 3.68. The molecule has 2 aromatic carbocycles. The van der Waals surface area contributed by atoms with E-state index < -0.39 is 0 Å². The van der Waals surface area contributed by atoms with Gasteiger partial charge in [-0.25, -0.2) is 0 Å². The summed E-state index contributed by atoms with van der Waals surface area (Å²) < 4.78 is 0. The fourth-order valence-corrected chi connectivity index (χ4v) is 4.74. The van der Waals surface area contributed by atoms with Crippen molar-refractivity contribution in [3.05, 3.63) is 69.9 Å². The zero-order valence-corrected chi connectivity index (χ0v) is 15.1. The highest BCUT2D eigenvalue weighted by Gasteiger charge is 2.41. The normalized spacial score (nSPS) is 18.6. The van der Waals surface area contributed by atoms with Crippen molar-refractivity contribution >= 4 is 22.3 Å². The Labute approximate surface area is 157 Å². The summed E-state index contributed by atoms with van der Waals surface area (Å²) in [5.41, 5.74) is 5.26. The van der Waals surface area contributed by atoms with Crippen LogP contribution >= 0.6 is 0 Å². The molecule has 2 N–H and O–H groups in total. The minimum atomic E-state index is -0.349. The summed E-state index contributed by atoms with van der Waals surface area (Å²) in [4.78, 5) is 16.5. The van der Waals surface area contributed by atoms with Crippen molar-refractivity contribution in [3.8, 4) is 0 Å². The lowest BCUT2D eigenvalue weighted by atomic mass is 9.79. The standard InChI is InChI=1S/C21H22N4O2/c26-25(27)16-7-5-15(6-8-16)24-13-10-21(11-14-24)20-18(9-12-22-21)17-3-1-2-4-19(17)23-20/h1-8,22-23H,9-14H2. The van der Waals surface area contributed by atoms with Crippen molar-refractivity contribution in [2.24, 2.45) is 0 Å². The van der Waals surface area contributed by atoms with Crippen LogP contribution in [0.1, 0.15) is 24.1 Å². The molecule has 2 aliphatic heterocycles. The molecule has 6 nitrogen and oxygen atoms in total. The fraction of sp³-hybridized carbons (Fsp3) is 0.333. The average Bonchev–Trinajstić information content (AvgIpc) is 3.09. The number of nitrogens with one attached hydrogen (secondary N) is 2. The van der Waals surface area contributed by atoms with Crippen LogP contribution in [0.4, 0.5) is 11.4 Å². The maximum Gasteiger partial charge on any atom is 0.269 e. The van der Waals surface area contributed by atoms with Gasteiger partial charge in [0.1, 0.15) is 0 Å². The lowest BCUT2D eigenvalue weighted by Crippen LogP contribution is -2.54. The molecule has 1 spiro atoms. The molecule has 0 amide bonds. The topological polar surface area (TPSA) is 74.2 Å². The number of nitro groups is 1. The van der Waals surface area contributed by atoms with E-state index in [2.05, 4.69) is 39.5 Å². The fourth-order valence-electron chi connectivity index (χ4n) is 4.74. The van der Waals surface area contributed by atoms with Crippen molar-refractivity contribution in [3.63, 3.8) is 0 Å². The highest BCUT2D eigenvalue weighted by molar-refractivity contribution is 5.85. The number of aromatic amines is 1. The molecular formula is C21H22N4O2. The van der Waals surface area contributed by atoms with E-state index in [1.807, 2.05) is 12.1 Å². The van der Waals surface area contributed by atoms with Gasteiger partial charge in [-0.3, -0.25) is 10.1 Å². The highest BCUT2D eigenvalue weighted by Crippen LogP contribution is 2.40. The van der Waals surface area contributed by atoms with Gasteiger partial charge in [0.15, 0.2) is 0 Å². The molecule has 0 bridgehead atoms. The number of aromatic nitrogens is 1. The van der Waals surface area contributed by atoms with Gasteiger partial charge in [0.25, 0.3) is 5.69 Å². The molecule has 138 valence electrons. The minimum Gasteiger partial charge on any atom is -0.371 e. The summed E-state index contributed by atoms with van der Waals surface area (Å²) in [7, 11) is 0. The lowest BCUT2D eigenvalue weighted by molar-refractivity contribution is -0.384. The molecule has 3 heterocycles. The van der Waals surface area contributed by atoms with Crippen LogP contribution in [0.15, 0.2) is 48.5 Å². The number of benzene rings is 2. The molecule has 0 atom stereocenters. The van der Waals surface area contributed by atoms with Gasteiger partial charge in [-0.15, -0.1) is 0 Å². The Morgan fingerprint density at radius 2 is 1.78 bits per heavy atom. The number of H-pyrrole nitrogens is 1. The van der Waals surface area contributed by atoms with E-state index in [9.17, 15) is 10.1 Å². The summed E-state index contributed by atoms with van der Waals surface area (Å²) >= 11 is 0. The van der Waals surface area contributed by atoms with E-state index in [1.54, 1.807) is 12.1 Å². The van der Waals surface area contributed by atoms with Crippen LogP contribution in [-0.4, -0.2) is 29.5 Å². The molecular weight excluding hydrogens is 340 g/mol. The third-order valence-electron chi connectivity index (χ3n) is 6.17. The molecule has 1 saturated heterocycles. The molecule has 0 aliphatic carbocycles. The van der Waals surface area contributed by atoms with Crippen LogP contribution in [0, 0.1) is 10.1 Å². The number of fused-ring (bicyclic) bond motifs is 4. The first kappa shape index (κ1) is 16.3. The Bertz CT molecular complexity index is 1000. The number of nitro benzene ring substituents is 1. The predicted octanol–water partition coefficient (Wildman–Crippen LogP) is 3.72. The van der Waals surface area contributed by atoms with Gasteiger partial charge in [0.2, 0.25) is 0 Å². The molecule has 3 aromatic rings. The van der Waals surface area contributed by atoms with E-state index in [0.717, 1.165) is 44.6 Å². The lowest BCUT2D eigenvalue weighted by Gasteiger charge is -2.45. The van der Waals surface area contributed by atoms with E-state index in [4.69, 9.17) is 0 Å². The van der Waals surface area contributed by atoms with Crippen molar-refractivity contribution in [1.82, 2.24) is 10.3 Å². The Balaban J connectivity index is 1.41. The van der Waals surface area contributed by atoms with Crippen LogP contribution in [0.2, 0.25) is 0 Å². The summed E-state index contributed by atoms with van der Waals surface area (Å²) in [5, 5.41) is 16.0. The van der Waals surface area contributed by atoms with E-state index in [1.165, 1.54) is 22.2 Å². The van der Waals surface area contributed by atoms with E-state index >= 15 is 0 Å². The first-order chi connectivity index (χ1) is 13.2. The number of piperidine rings is 1. The van der Waals surface area contributed by atoms with Crippen molar-refractivity contribution in [2.45, 2.75) is 24.8 Å². The molecule has 6 heteroatoms. The first-order valence-corrected chi connectivity index (χ1v) is 9.51. The van der Waals surface area contributed by atoms with Gasteiger partial charge in [-0.05, 0) is 43.0 Å². The Morgan fingerprint density at radius 1 is 1.04 bits per heavy atom. The third-order valence-corrected chi connectivity index (χ3v) is 6.17. The minimum absolute atomic E-state index is 0.00385. The van der Waals surface area contributed by atoms with Crippen molar-refractivity contribution in [2.75, 3.05) is 24.5 Å². The summed E-state index contributed by atoms with van der Waals surface area (Å²) in [6, 6.07) is 15.5. The predicted molar refractivity (Wildman–Crippen MR) is 106 cm³/mol. The molecule has 0 unspecified atom stereocenters. The molecule has 0 radical (unpaired) electrons. The number of rotatable bonds is 2. The van der Waals surface area contributed by atoms with Gasteiger partial charge < -0.3 is 15.2 Å². The van der Waals surface area contributed by atoms with Crippen LogP contribution in [0.25, 0.3) is 10.9 Å². The van der Waals surface area contributed by atoms with Crippen LogP contribution < -0.4 is 10.2 Å². The number of anilines is 1. The molecule has 1 aromatic heterocycles. The molecule has 27 heavy (non-hydrogen) atoms. The molecule has 0 saturated carbocycles. The second-order valence-electron chi connectivity index (χ2n) is 7.54. The Morgan fingerprint density at radius 3 is 2.52 bits per heavy atom. The quantitative estimate of drug-likeness (QED) is 0.538. The SMILES string of the molecule is O=[N+]([O-])c1ccc(N2CCC3(CC2)NCCc2c3[nH]c3ccccc23)cc1.